The van der Waals surface area contributed by atoms with Gasteiger partial charge in [0.2, 0.25) is 0 Å². The normalized spacial score (nSPS) is 20.5. The molecule has 0 radical (unpaired) electrons. The van der Waals surface area contributed by atoms with Crippen LogP contribution in [-0.2, 0) is 14.3 Å². The van der Waals surface area contributed by atoms with E-state index >= 15 is 0 Å². The van der Waals surface area contributed by atoms with Crippen molar-refractivity contribution in [2.75, 3.05) is 38.2 Å². The van der Waals surface area contributed by atoms with Crippen molar-refractivity contribution in [1.29, 1.82) is 5.41 Å². The molecule has 186 valence electrons. The highest BCUT2D eigenvalue weighted by Gasteiger charge is 2.30. The number of urea groups is 1. The van der Waals surface area contributed by atoms with Gasteiger partial charge >= 0.3 is 18.1 Å². The molecule has 0 unspecified atom stereocenters. The van der Waals surface area contributed by atoms with Gasteiger partial charge in [-0.25, -0.2) is 9.59 Å². The number of esters is 1. The monoisotopic (exact) mass is 473 g/mol. The van der Waals surface area contributed by atoms with Crippen LogP contribution in [0.15, 0.2) is 24.3 Å². The molecule has 1 aromatic carbocycles. The van der Waals surface area contributed by atoms with Crippen molar-refractivity contribution in [1.82, 2.24) is 15.5 Å². The number of amidine groups is 1. The van der Waals surface area contributed by atoms with Gasteiger partial charge in [0.05, 0.1) is 19.1 Å². The van der Waals surface area contributed by atoms with Crippen LogP contribution in [0.1, 0.15) is 45.1 Å². The number of nitrogens with one attached hydrogen (secondary N) is 3. The summed E-state index contributed by atoms with van der Waals surface area (Å²) >= 11 is 0. The Labute approximate surface area is 200 Å². The first kappa shape index (κ1) is 25.3. The molecule has 10 nitrogen and oxygen atoms in total. The highest BCUT2D eigenvalue weighted by Crippen LogP contribution is 2.26. The van der Waals surface area contributed by atoms with E-state index < -0.39 is 6.09 Å². The minimum absolute atomic E-state index is 0.0225. The first-order valence-electron chi connectivity index (χ1n) is 11.8. The van der Waals surface area contributed by atoms with E-state index in [0.29, 0.717) is 31.7 Å². The smallest absolute Gasteiger partial charge is 0.412 e. The molecule has 2 aliphatic rings. The second-order valence-corrected chi connectivity index (χ2v) is 9.00. The average Bonchev–Trinajstić information content (AvgIpc) is 2.84. The summed E-state index contributed by atoms with van der Waals surface area (Å²) in [6, 6.07) is 7.41. The predicted molar refractivity (Wildman–Crippen MR) is 128 cm³/mol. The van der Waals surface area contributed by atoms with E-state index in [1.54, 1.807) is 12.1 Å². The number of alkyl carbamates (subject to hydrolysis) is 1. The number of piperazine rings is 1. The molecule has 1 saturated carbocycles. The molecular weight excluding hydrogens is 438 g/mol. The van der Waals surface area contributed by atoms with Crippen LogP contribution >= 0.6 is 0 Å². The molecule has 3 N–H and O–H groups in total. The predicted octanol–water partition coefficient (Wildman–Crippen LogP) is 2.71. The highest BCUT2D eigenvalue weighted by molar-refractivity contribution is 6.04. The lowest BCUT2D eigenvalue weighted by molar-refractivity contribution is -0.153. The molecule has 0 spiro atoms. The van der Waals surface area contributed by atoms with Gasteiger partial charge in [-0.2, -0.15) is 0 Å². The van der Waals surface area contributed by atoms with Gasteiger partial charge in [0.15, 0.2) is 0 Å². The quantitative estimate of drug-likeness (QED) is 0.343. The van der Waals surface area contributed by atoms with E-state index in [0.717, 1.165) is 31.4 Å². The first-order valence-corrected chi connectivity index (χ1v) is 11.8. The molecule has 34 heavy (non-hydrogen) atoms. The van der Waals surface area contributed by atoms with E-state index in [1.807, 2.05) is 30.9 Å². The first-order chi connectivity index (χ1) is 16.3. The summed E-state index contributed by atoms with van der Waals surface area (Å²) in [6.45, 7) is 6.36. The minimum Gasteiger partial charge on any atom is -0.463 e. The molecule has 1 heterocycles. The number of ether oxygens (including phenoxy) is 2. The number of carbonyl (C=O) groups excluding carboxylic acids is 3. The van der Waals surface area contributed by atoms with Gasteiger partial charge in [-0.15, -0.1) is 0 Å². The molecule has 0 bridgehead atoms. The number of nitrogens with zero attached hydrogens (tertiary/aromatic N) is 2. The lowest BCUT2D eigenvalue weighted by Crippen LogP contribution is -2.54. The summed E-state index contributed by atoms with van der Waals surface area (Å²) in [5.41, 5.74) is 1.58. The molecule has 1 aliphatic heterocycles. The van der Waals surface area contributed by atoms with Crippen molar-refractivity contribution in [3.8, 4) is 0 Å². The third-order valence-corrected chi connectivity index (χ3v) is 6.24. The van der Waals surface area contributed by atoms with E-state index in [1.165, 1.54) is 7.11 Å². The van der Waals surface area contributed by atoms with Gasteiger partial charge in [0.1, 0.15) is 5.84 Å². The fraction of sp³-hybridized carbons (Fsp3) is 0.583. The van der Waals surface area contributed by atoms with Crippen LogP contribution < -0.4 is 15.5 Å². The standard InChI is InChI=1S/C24H35N5O5/c1-16(2)34-22(30)18-4-8-19(9-5-18)26-23(31)29-14-12-28(13-15-29)20-10-6-17(7-11-20)21(25)27-24(32)33-3/h6-7,10-11,16,18-19H,4-5,8-9,12-15H2,1-3H3,(H,26,31)(H2,25,27,32)/t18-,19-. The zero-order valence-corrected chi connectivity index (χ0v) is 20.1. The zero-order chi connectivity index (χ0) is 24.7. The van der Waals surface area contributed by atoms with Crippen LogP contribution in [0.25, 0.3) is 0 Å². The number of methoxy groups -OCH3 is 1. The van der Waals surface area contributed by atoms with Crippen molar-refractivity contribution in [2.45, 2.75) is 51.7 Å². The number of amides is 3. The molecule has 1 saturated heterocycles. The molecule has 1 aliphatic carbocycles. The zero-order valence-electron chi connectivity index (χ0n) is 20.1. The molecule has 0 aromatic heterocycles. The summed E-state index contributed by atoms with van der Waals surface area (Å²) in [5, 5.41) is 13.4. The number of benzene rings is 1. The maximum absolute atomic E-state index is 12.7. The van der Waals surface area contributed by atoms with Gasteiger partial charge in [-0.1, -0.05) is 0 Å². The SMILES string of the molecule is COC(=O)NC(=N)c1ccc(N2CCN(C(=O)N[C@H]3CC[C@H](C(=O)OC(C)C)CC3)CC2)cc1. The summed E-state index contributed by atoms with van der Waals surface area (Å²) in [6.07, 6.45) is 2.29. The lowest BCUT2D eigenvalue weighted by Gasteiger charge is -2.37. The topological polar surface area (TPSA) is 124 Å². The third-order valence-electron chi connectivity index (χ3n) is 6.24. The molecule has 10 heteroatoms. The summed E-state index contributed by atoms with van der Waals surface area (Å²) in [7, 11) is 1.25. The maximum atomic E-state index is 12.7. The van der Waals surface area contributed by atoms with Crippen LogP contribution in [0.2, 0.25) is 0 Å². The van der Waals surface area contributed by atoms with Gasteiger partial charge in [-0.3, -0.25) is 15.5 Å². The Morgan fingerprint density at radius 1 is 1.00 bits per heavy atom. The summed E-state index contributed by atoms with van der Waals surface area (Å²) in [4.78, 5) is 40.1. The molecule has 0 atom stereocenters. The Kier molecular flexibility index (Phi) is 8.72. The molecule has 2 fully saturated rings. The maximum Gasteiger partial charge on any atom is 0.412 e. The Balaban J connectivity index is 1.41. The Morgan fingerprint density at radius 3 is 2.18 bits per heavy atom. The van der Waals surface area contributed by atoms with Gasteiger partial charge in [0.25, 0.3) is 0 Å². The van der Waals surface area contributed by atoms with Gasteiger partial charge < -0.3 is 24.6 Å². The van der Waals surface area contributed by atoms with Gasteiger partial charge in [-0.05, 0) is 63.8 Å². The fourth-order valence-corrected chi connectivity index (χ4v) is 4.30. The Bertz CT molecular complexity index is 872. The van der Waals surface area contributed by atoms with Crippen molar-refractivity contribution in [2.24, 2.45) is 5.92 Å². The Hall–Kier alpha value is -3.30. The summed E-state index contributed by atoms with van der Waals surface area (Å²) < 4.78 is 9.82. The van der Waals surface area contributed by atoms with Crippen LogP contribution in [0.3, 0.4) is 0 Å². The van der Waals surface area contributed by atoms with Crippen LogP contribution in [0.4, 0.5) is 15.3 Å². The largest absolute Gasteiger partial charge is 0.463 e. The van der Waals surface area contributed by atoms with Crippen molar-refractivity contribution < 1.29 is 23.9 Å². The third kappa shape index (κ3) is 6.85. The van der Waals surface area contributed by atoms with Crippen LogP contribution in [0, 0.1) is 11.3 Å². The second kappa shape index (κ2) is 11.7. The second-order valence-electron chi connectivity index (χ2n) is 9.00. The number of carbonyl (C=O) groups is 3. The number of hydrogen-bond acceptors (Lipinski definition) is 7. The average molecular weight is 474 g/mol. The number of rotatable bonds is 5. The van der Waals surface area contributed by atoms with Crippen LogP contribution in [0.5, 0.6) is 0 Å². The summed E-state index contributed by atoms with van der Waals surface area (Å²) in [5.74, 6) is -0.211. The molecule has 1 aromatic rings. The van der Waals surface area contributed by atoms with Gasteiger partial charge in [0, 0.05) is 43.5 Å². The molecule has 3 amide bonds. The fourth-order valence-electron chi connectivity index (χ4n) is 4.30. The minimum atomic E-state index is -0.676. The highest BCUT2D eigenvalue weighted by atomic mass is 16.5. The van der Waals surface area contributed by atoms with E-state index in [-0.39, 0.29) is 35.9 Å². The van der Waals surface area contributed by atoms with Crippen LogP contribution in [-0.4, -0.2) is 74.3 Å². The van der Waals surface area contributed by atoms with E-state index in [9.17, 15) is 14.4 Å². The number of hydrogen-bond donors (Lipinski definition) is 3. The molecule has 3 rings (SSSR count). The van der Waals surface area contributed by atoms with E-state index in [2.05, 4.69) is 20.3 Å². The van der Waals surface area contributed by atoms with Crippen molar-refractivity contribution in [3.63, 3.8) is 0 Å². The van der Waals surface area contributed by atoms with Crippen molar-refractivity contribution >= 4 is 29.6 Å². The molecular formula is C24H35N5O5. The number of anilines is 1. The Morgan fingerprint density at radius 2 is 1.62 bits per heavy atom. The van der Waals surface area contributed by atoms with E-state index in [4.69, 9.17) is 10.1 Å². The lowest BCUT2D eigenvalue weighted by atomic mass is 9.86. The van der Waals surface area contributed by atoms with Crippen molar-refractivity contribution in [3.05, 3.63) is 29.8 Å².